The molecule has 1 aliphatic heterocycles. The van der Waals surface area contributed by atoms with E-state index >= 15 is 0 Å². The van der Waals surface area contributed by atoms with Gasteiger partial charge in [0.2, 0.25) is 11.8 Å². The largest absolute Gasteiger partial charge is 0.472 e. The zero-order valence-electron chi connectivity index (χ0n) is 9.93. The maximum Gasteiger partial charge on any atom is 0.397 e. The normalized spacial score (nSPS) is 19.5. The zero-order valence-corrected chi connectivity index (χ0v) is 9.93. The van der Waals surface area contributed by atoms with Crippen LogP contribution in [0.4, 0.5) is 13.2 Å². The van der Waals surface area contributed by atoms with Crippen molar-refractivity contribution in [3.8, 4) is 5.88 Å². The van der Waals surface area contributed by atoms with Crippen LogP contribution in [0.1, 0.15) is 12.8 Å². The third-order valence-electron chi connectivity index (χ3n) is 2.69. The van der Waals surface area contributed by atoms with Crippen molar-refractivity contribution in [1.82, 2.24) is 14.9 Å². The second kappa shape index (κ2) is 5.41. The van der Waals surface area contributed by atoms with Gasteiger partial charge in [0.1, 0.15) is 18.9 Å². The average Bonchev–Trinajstić information content (AvgIpc) is 2.77. The summed E-state index contributed by atoms with van der Waals surface area (Å²) in [4.78, 5) is 20.1. The van der Waals surface area contributed by atoms with Crippen molar-refractivity contribution in [3.05, 3.63) is 18.6 Å². The number of alkyl halides is 3. The molecule has 0 aromatic carbocycles. The average molecular weight is 275 g/mol. The molecular formula is C11H12F3N3O2. The van der Waals surface area contributed by atoms with Crippen LogP contribution in [0, 0.1) is 0 Å². The van der Waals surface area contributed by atoms with Gasteiger partial charge >= 0.3 is 6.18 Å². The van der Waals surface area contributed by atoms with Crippen molar-refractivity contribution in [2.75, 3.05) is 13.1 Å². The molecule has 1 amide bonds. The molecule has 0 N–H and O–H groups in total. The van der Waals surface area contributed by atoms with Crippen LogP contribution in [-0.4, -0.2) is 46.1 Å². The van der Waals surface area contributed by atoms with Crippen LogP contribution in [-0.2, 0) is 4.79 Å². The summed E-state index contributed by atoms with van der Waals surface area (Å²) in [5.74, 6) is -0.564. The lowest BCUT2D eigenvalue weighted by Crippen LogP contribution is -2.33. The summed E-state index contributed by atoms with van der Waals surface area (Å²) in [6.45, 7) is 0.420. The Bertz CT molecular complexity index is 439. The maximum absolute atomic E-state index is 12.1. The van der Waals surface area contributed by atoms with Crippen molar-refractivity contribution in [3.63, 3.8) is 0 Å². The Balaban J connectivity index is 1.85. The van der Waals surface area contributed by atoms with Crippen molar-refractivity contribution in [2.24, 2.45) is 0 Å². The van der Waals surface area contributed by atoms with Gasteiger partial charge in [-0.1, -0.05) is 0 Å². The monoisotopic (exact) mass is 275 g/mol. The van der Waals surface area contributed by atoms with Gasteiger partial charge in [-0.2, -0.15) is 13.2 Å². The van der Waals surface area contributed by atoms with E-state index in [-0.39, 0.29) is 19.2 Å². The fraction of sp³-hybridized carbons (Fsp3) is 0.545. The first-order chi connectivity index (χ1) is 8.94. The van der Waals surface area contributed by atoms with Crippen molar-refractivity contribution >= 4 is 5.91 Å². The van der Waals surface area contributed by atoms with E-state index in [4.69, 9.17) is 4.74 Å². The van der Waals surface area contributed by atoms with Gasteiger partial charge in [0, 0.05) is 25.2 Å². The Labute approximate surface area is 107 Å². The number of ether oxygens (including phenoxy) is 1. The summed E-state index contributed by atoms with van der Waals surface area (Å²) >= 11 is 0. The van der Waals surface area contributed by atoms with Gasteiger partial charge in [0.15, 0.2) is 0 Å². The number of likely N-dealkylation sites (tertiary alicyclic amines) is 1. The molecule has 1 atom stereocenters. The van der Waals surface area contributed by atoms with Gasteiger partial charge < -0.3 is 9.64 Å². The highest BCUT2D eigenvalue weighted by Crippen LogP contribution is 2.23. The summed E-state index contributed by atoms with van der Waals surface area (Å²) in [5, 5.41) is 0. The van der Waals surface area contributed by atoms with Crippen LogP contribution in [0.2, 0.25) is 0 Å². The van der Waals surface area contributed by atoms with Gasteiger partial charge in [-0.15, -0.1) is 0 Å². The zero-order chi connectivity index (χ0) is 13.9. The van der Waals surface area contributed by atoms with Crippen LogP contribution >= 0.6 is 0 Å². The highest BCUT2D eigenvalue weighted by molar-refractivity contribution is 5.77. The number of aromatic nitrogens is 2. The summed E-state index contributed by atoms with van der Waals surface area (Å²) in [7, 11) is 0. The number of halogens is 3. The van der Waals surface area contributed by atoms with Crippen LogP contribution in [0.15, 0.2) is 18.6 Å². The van der Waals surface area contributed by atoms with Crippen LogP contribution < -0.4 is 4.74 Å². The highest BCUT2D eigenvalue weighted by atomic mass is 19.4. The number of hydrogen-bond acceptors (Lipinski definition) is 4. The van der Waals surface area contributed by atoms with Crippen LogP contribution in [0.3, 0.4) is 0 Å². The Morgan fingerprint density at radius 3 is 2.95 bits per heavy atom. The molecule has 1 aliphatic rings. The fourth-order valence-corrected chi connectivity index (χ4v) is 1.85. The third kappa shape index (κ3) is 4.08. The van der Waals surface area contributed by atoms with Gasteiger partial charge in [-0.05, 0) is 0 Å². The van der Waals surface area contributed by atoms with E-state index < -0.39 is 18.5 Å². The Morgan fingerprint density at radius 1 is 1.53 bits per heavy atom. The number of rotatable bonds is 3. The molecule has 0 radical (unpaired) electrons. The standard InChI is InChI=1S/C11H12F3N3O2/c12-11(13,14)5-10(18)17-4-2-8(6-17)19-9-1-3-15-7-16-9/h1,3,7-8H,2,4-6H2/t8-/m1/s1. The maximum atomic E-state index is 12.1. The molecule has 0 unspecified atom stereocenters. The van der Waals surface area contributed by atoms with E-state index in [0.29, 0.717) is 12.3 Å². The van der Waals surface area contributed by atoms with Gasteiger partial charge in [0.25, 0.3) is 0 Å². The predicted octanol–water partition coefficient (Wildman–Crippen LogP) is 1.41. The molecule has 1 fully saturated rings. The van der Waals surface area contributed by atoms with E-state index in [9.17, 15) is 18.0 Å². The molecule has 104 valence electrons. The molecule has 1 aromatic heterocycles. The quantitative estimate of drug-likeness (QED) is 0.837. The lowest BCUT2D eigenvalue weighted by Gasteiger charge is -2.17. The van der Waals surface area contributed by atoms with Gasteiger partial charge in [0.05, 0.1) is 6.54 Å². The van der Waals surface area contributed by atoms with E-state index in [1.807, 2.05) is 0 Å². The minimum Gasteiger partial charge on any atom is -0.472 e. The number of hydrogen-bond donors (Lipinski definition) is 0. The molecule has 5 nitrogen and oxygen atoms in total. The number of amides is 1. The van der Waals surface area contributed by atoms with E-state index in [2.05, 4.69) is 9.97 Å². The minimum atomic E-state index is -4.47. The van der Waals surface area contributed by atoms with Gasteiger partial charge in [-0.3, -0.25) is 4.79 Å². The Hall–Kier alpha value is -1.86. The summed E-state index contributed by atoms with van der Waals surface area (Å²) in [5.41, 5.74) is 0. The molecule has 2 rings (SSSR count). The second-order valence-corrected chi connectivity index (χ2v) is 4.21. The van der Waals surface area contributed by atoms with E-state index in [1.54, 1.807) is 6.07 Å². The van der Waals surface area contributed by atoms with Crippen molar-refractivity contribution in [1.29, 1.82) is 0 Å². The Morgan fingerprint density at radius 2 is 2.32 bits per heavy atom. The van der Waals surface area contributed by atoms with Crippen molar-refractivity contribution < 1.29 is 22.7 Å². The topological polar surface area (TPSA) is 55.3 Å². The fourth-order valence-electron chi connectivity index (χ4n) is 1.85. The highest BCUT2D eigenvalue weighted by Gasteiger charge is 2.36. The summed E-state index contributed by atoms with van der Waals surface area (Å²) in [6, 6.07) is 1.56. The molecule has 1 saturated heterocycles. The van der Waals surface area contributed by atoms with E-state index in [0.717, 1.165) is 0 Å². The molecule has 1 aromatic rings. The van der Waals surface area contributed by atoms with Gasteiger partial charge in [-0.25, -0.2) is 9.97 Å². The first-order valence-electron chi connectivity index (χ1n) is 5.71. The lowest BCUT2D eigenvalue weighted by atomic mass is 10.3. The second-order valence-electron chi connectivity index (χ2n) is 4.21. The molecule has 8 heteroatoms. The SMILES string of the molecule is O=C(CC(F)(F)F)N1CC[C@@H](Oc2ccncn2)C1. The molecule has 0 aliphatic carbocycles. The molecular weight excluding hydrogens is 263 g/mol. The van der Waals surface area contributed by atoms with Crippen LogP contribution in [0.25, 0.3) is 0 Å². The Kier molecular flexibility index (Phi) is 3.87. The van der Waals surface area contributed by atoms with Crippen molar-refractivity contribution in [2.45, 2.75) is 25.1 Å². The summed E-state index contributed by atoms with van der Waals surface area (Å²) in [6.07, 6.45) is -2.91. The molecule has 0 saturated carbocycles. The molecule has 0 bridgehead atoms. The van der Waals surface area contributed by atoms with Crippen LogP contribution in [0.5, 0.6) is 5.88 Å². The predicted molar refractivity (Wildman–Crippen MR) is 58.3 cm³/mol. The minimum absolute atomic E-state index is 0.152. The number of carbonyl (C=O) groups is 1. The molecule has 19 heavy (non-hydrogen) atoms. The first kappa shape index (κ1) is 13.6. The number of carbonyl (C=O) groups excluding carboxylic acids is 1. The molecule has 2 heterocycles. The summed E-state index contributed by atoms with van der Waals surface area (Å²) < 4.78 is 41.8. The smallest absolute Gasteiger partial charge is 0.397 e. The van der Waals surface area contributed by atoms with E-state index in [1.165, 1.54) is 17.4 Å². The first-order valence-corrected chi connectivity index (χ1v) is 5.71. The lowest BCUT2D eigenvalue weighted by molar-refractivity contribution is -0.160. The molecule has 0 spiro atoms. The number of nitrogens with zero attached hydrogens (tertiary/aromatic N) is 3. The third-order valence-corrected chi connectivity index (χ3v) is 2.69.